The van der Waals surface area contributed by atoms with Crippen LogP contribution in [0.2, 0.25) is 0 Å². The zero-order valence-corrected chi connectivity index (χ0v) is 14.4. The minimum absolute atomic E-state index is 0.121. The molecule has 126 valence electrons. The molecule has 2 heterocycles. The van der Waals surface area contributed by atoms with Gasteiger partial charge in [0.25, 0.3) is 5.91 Å². The van der Waals surface area contributed by atoms with E-state index in [2.05, 4.69) is 21.2 Å². The number of unbranched alkanes of at least 4 members (excludes halogenated alkanes) is 1. The van der Waals surface area contributed by atoms with E-state index in [-0.39, 0.29) is 18.1 Å². The number of piperazine rings is 1. The van der Waals surface area contributed by atoms with E-state index in [1.54, 1.807) is 6.07 Å². The molecule has 1 N–H and O–H groups in total. The molecule has 2 amide bonds. The van der Waals surface area contributed by atoms with Gasteiger partial charge in [-0.2, -0.15) is 0 Å². The molecule has 23 heavy (non-hydrogen) atoms. The second-order valence-electron chi connectivity index (χ2n) is 5.19. The molecule has 1 aromatic heterocycles. The van der Waals surface area contributed by atoms with E-state index in [9.17, 15) is 14.4 Å². The molecule has 8 heteroatoms. The molecule has 7 nitrogen and oxygen atoms in total. The zero-order chi connectivity index (χ0) is 16.8. The lowest BCUT2D eigenvalue weighted by Gasteiger charge is -2.33. The molecule has 2 rings (SSSR count). The number of esters is 1. The summed E-state index contributed by atoms with van der Waals surface area (Å²) < 4.78 is 10.8. The third-order valence-corrected chi connectivity index (χ3v) is 3.92. The molecule has 1 aromatic rings. The Bertz CT molecular complexity index is 586. The van der Waals surface area contributed by atoms with Crippen molar-refractivity contribution in [3.05, 3.63) is 22.6 Å². The second-order valence-corrected chi connectivity index (χ2v) is 5.97. The first-order chi connectivity index (χ1) is 11.0. The summed E-state index contributed by atoms with van der Waals surface area (Å²) in [6.07, 6.45) is 1.52. The third kappa shape index (κ3) is 4.57. The molecular formula is C15H19BrN2O5. The number of amides is 2. The molecule has 1 atom stereocenters. The van der Waals surface area contributed by atoms with E-state index < -0.39 is 17.9 Å². The third-order valence-electron chi connectivity index (χ3n) is 3.50. The van der Waals surface area contributed by atoms with Crippen molar-refractivity contribution in [2.45, 2.75) is 32.2 Å². The Balaban J connectivity index is 2.05. The maximum atomic E-state index is 12.5. The number of carbonyl (C=O) groups is 3. The summed E-state index contributed by atoms with van der Waals surface area (Å²) in [5.74, 6) is -1.14. The van der Waals surface area contributed by atoms with Crippen LogP contribution in [-0.4, -0.2) is 48.4 Å². The molecule has 1 aliphatic rings. The molecule has 1 aliphatic heterocycles. The van der Waals surface area contributed by atoms with Crippen LogP contribution in [0.5, 0.6) is 0 Å². The van der Waals surface area contributed by atoms with Crippen molar-refractivity contribution in [1.29, 1.82) is 0 Å². The average Bonchev–Trinajstić information content (AvgIpc) is 2.95. The largest absolute Gasteiger partial charge is 0.466 e. The summed E-state index contributed by atoms with van der Waals surface area (Å²) in [7, 11) is 0. The van der Waals surface area contributed by atoms with E-state index in [0.29, 0.717) is 24.4 Å². The number of nitrogens with one attached hydrogen (secondary N) is 1. The van der Waals surface area contributed by atoms with Crippen molar-refractivity contribution in [2.75, 3.05) is 19.7 Å². The molecular weight excluding hydrogens is 368 g/mol. The van der Waals surface area contributed by atoms with Crippen molar-refractivity contribution in [2.24, 2.45) is 0 Å². The highest BCUT2D eigenvalue weighted by Crippen LogP contribution is 2.19. The minimum Gasteiger partial charge on any atom is -0.466 e. The lowest BCUT2D eigenvalue weighted by atomic mass is 10.1. The smallest absolute Gasteiger partial charge is 0.308 e. The number of hydrogen-bond donors (Lipinski definition) is 1. The van der Waals surface area contributed by atoms with Gasteiger partial charge < -0.3 is 19.4 Å². The van der Waals surface area contributed by atoms with E-state index >= 15 is 0 Å². The number of nitrogens with zero attached hydrogens (tertiary/aromatic N) is 1. The molecule has 1 fully saturated rings. The fourth-order valence-electron chi connectivity index (χ4n) is 2.28. The Kier molecular flexibility index (Phi) is 6.20. The van der Waals surface area contributed by atoms with Gasteiger partial charge in [-0.05, 0) is 34.5 Å². The Labute approximate surface area is 142 Å². The van der Waals surface area contributed by atoms with Crippen LogP contribution >= 0.6 is 15.9 Å². The zero-order valence-electron chi connectivity index (χ0n) is 12.8. The molecule has 1 saturated heterocycles. The second kappa shape index (κ2) is 8.14. The number of carbonyl (C=O) groups excluding carboxylic acids is 3. The summed E-state index contributed by atoms with van der Waals surface area (Å²) >= 11 is 3.14. The Hall–Kier alpha value is -1.83. The summed E-state index contributed by atoms with van der Waals surface area (Å²) in [5.41, 5.74) is 0. The van der Waals surface area contributed by atoms with Crippen molar-refractivity contribution >= 4 is 33.7 Å². The van der Waals surface area contributed by atoms with Crippen LogP contribution in [0.3, 0.4) is 0 Å². The predicted octanol–water partition coefficient (Wildman–Crippen LogP) is 1.72. The Morgan fingerprint density at radius 3 is 2.91 bits per heavy atom. The molecule has 0 saturated carbocycles. The maximum absolute atomic E-state index is 12.5. The van der Waals surface area contributed by atoms with E-state index in [1.165, 1.54) is 11.0 Å². The maximum Gasteiger partial charge on any atom is 0.308 e. The molecule has 0 bridgehead atoms. The standard InChI is InChI=1S/C15H19BrN2O5/c1-2-3-8-22-13(19)9-10-14(20)17-6-7-18(10)15(21)11-4-5-12(16)23-11/h4-5,10H,2-3,6-9H2,1H3,(H,17,20)/t10-/m1/s1. The molecule has 0 unspecified atom stereocenters. The van der Waals surface area contributed by atoms with Gasteiger partial charge in [-0.1, -0.05) is 13.3 Å². The quantitative estimate of drug-likeness (QED) is 0.593. The monoisotopic (exact) mass is 386 g/mol. The fraction of sp³-hybridized carbons (Fsp3) is 0.533. The van der Waals surface area contributed by atoms with Gasteiger partial charge in [-0.25, -0.2) is 0 Å². The summed E-state index contributed by atoms with van der Waals surface area (Å²) in [6, 6.07) is 2.25. The first kappa shape index (κ1) is 17.5. The number of hydrogen-bond acceptors (Lipinski definition) is 5. The Morgan fingerprint density at radius 2 is 2.26 bits per heavy atom. The van der Waals surface area contributed by atoms with E-state index in [1.807, 2.05) is 6.92 Å². The molecule has 0 aliphatic carbocycles. The Morgan fingerprint density at radius 1 is 1.48 bits per heavy atom. The van der Waals surface area contributed by atoms with Gasteiger partial charge in [-0.3, -0.25) is 14.4 Å². The SMILES string of the molecule is CCCCOC(=O)C[C@@H]1C(=O)NCCN1C(=O)c1ccc(Br)o1. The number of ether oxygens (including phenoxy) is 1. The minimum atomic E-state index is -0.880. The van der Waals surface area contributed by atoms with Crippen molar-refractivity contribution in [3.8, 4) is 0 Å². The topological polar surface area (TPSA) is 88.9 Å². The summed E-state index contributed by atoms with van der Waals surface area (Å²) in [5, 5.41) is 2.67. The summed E-state index contributed by atoms with van der Waals surface area (Å²) in [4.78, 5) is 37.8. The number of rotatable bonds is 6. The van der Waals surface area contributed by atoms with Crippen molar-refractivity contribution in [1.82, 2.24) is 10.2 Å². The number of furan rings is 1. The van der Waals surface area contributed by atoms with Gasteiger partial charge in [0, 0.05) is 13.1 Å². The van der Waals surface area contributed by atoms with Crippen LogP contribution in [0.1, 0.15) is 36.7 Å². The van der Waals surface area contributed by atoms with Crippen LogP contribution in [0, 0.1) is 0 Å². The van der Waals surface area contributed by atoms with Crippen LogP contribution in [-0.2, 0) is 14.3 Å². The highest BCUT2D eigenvalue weighted by molar-refractivity contribution is 9.10. The van der Waals surface area contributed by atoms with Gasteiger partial charge in [0.15, 0.2) is 10.4 Å². The highest BCUT2D eigenvalue weighted by Gasteiger charge is 2.36. The van der Waals surface area contributed by atoms with E-state index in [0.717, 1.165) is 12.8 Å². The first-order valence-electron chi connectivity index (χ1n) is 7.52. The van der Waals surface area contributed by atoms with Crippen molar-refractivity contribution < 1.29 is 23.5 Å². The van der Waals surface area contributed by atoms with E-state index in [4.69, 9.17) is 9.15 Å². The highest BCUT2D eigenvalue weighted by atomic mass is 79.9. The van der Waals surface area contributed by atoms with Crippen LogP contribution < -0.4 is 5.32 Å². The van der Waals surface area contributed by atoms with Crippen LogP contribution in [0.25, 0.3) is 0 Å². The average molecular weight is 387 g/mol. The van der Waals surface area contributed by atoms with Crippen molar-refractivity contribution in [3.63, 3.8) is 0 Å². The van der Waals surface area contributed by atoms with Gasteiger partial charge in [0.1, 0.15) is 6.04 Å². The predicted molar refractivity (Wildman–Crippen MR) is 84.7 cm³/mol. The van der Waals surface area contributed by atoms with Gasteiger partial charge >= 0.3 is 5.97 Å². The summed E-state index contributed by atoms with van der Waals surface area (Å²) in [6.45, 7) is 2.97. The van der Waals surface area contributed by atoms with Crippen LogP contribution in [0.4, 0.5) is 0 Å². The molecule has 0 aromatic carbocycles. The first-order valence-corrected chi connectivity index (χ1v) is 8.32. The number of halogens is 1. The van der Waals surface area contributed by atoms with Gasteiger partial charge in [0.2, 0.25) is 5.91 Å². The van der Waals surface area contributed by atoms with Crippen LogP contribution in [0.15, 0.2) is 21.2 Å². The lowest BCUT2D eigenvalue weighted by Crippen LogP contribution is -2.57. The van der Waals surface area contributed by atoms with Gasteiger partial charge in [-0.15, -0.1) is 0 Å². The fourth-order valence-corrected chi connectivity index (χ4v) is 2.59. The van der Waals surface area contributed by atoms with Gasteiger partial charge in [0.05, 0.1) is 13.0 Å². The molecule has 0 spiro atoms. The lowest BCUT2D eigenvalue weighted by molar-refractivity contribution is -0.147. The normalized spacial score (nSPS) is 17.7. The molecule has 0 radical (unpaired) electrons.